The largest absolute Gasteiger partial charge is 0.351 e. The third-order valence-electron chi connectivity index (χ3n) is 4.41. The summed E-state index contributed by atoms with van der Waals surface area (Å²) < 4.78 is 0. The standard InChI is InChI=1S/C15H26N4O3/c1-10(2)7-11(8-16)17-12(20)9-19-13(21)15(18-14(19)22)5-3-4-6-15/h10-11H,3-9,16H2,1-2H3,(H,17,20)(H,18,22). The van der Waals surface area contributed by atoms with E-state index >= 15 is 0 Å². The van der Waals surface area contributed by atoms with Crippen molar-refractivity contribution >= 4 is 17.8 Å². The van der Waals surface area contributed by atoms with Gasteiger partial charge in [-0.05, 0) is 25.2 Å². The molecule has 7 nitrogen and oxygen atoms in total. The number of nitrogens with one attached hydrogen (secondary N) is 2. The number of imide groups is 1. The van der Waals surface area contributed by atoms with E-state index in [1.807, 2.05) is 0 Å². The third-order valence-corrected chi connectivity index (χ3v) is 4.41. The Balaban J connectivity index is 1.93. The first-order valence-corrected chi connectivity index (χ1v) is 8.01. The maximum atomic E-state index is 12.4. The number of nitrogens with zero attached hydrogens (tertiary/aromatic N) is 1. The summed E-state index contributed by atoms with van der Waals surface area (Å²) in [6.45, 7) is 4.21. The lowest BCUT2D eigenvalue weighted by atomic mass is 9.98. The molecule has 1 spiro atoms. The highest BCUT2D eigenvalue weighted by molar-refractivity contribution is 6.09. The summed E-state index contributed by atoms with van der Waals surface area (Å²) in [5.41, 5.74) is 4.89. The molecule has 2 rings (SSSR count). The minimum absolute atomic E-state index is 0.131. The Morgan fingerprint density at radius 2 is 2.00 bits per heavy atom. The maximum absolute atomic E-state index is 12.4. The summed E-state index contributed by atoms with van der Waals surface area (Å²) >= 11 is 0. The van der Waals surface area contributed by atoms with Crippen molar-refractivity contribution in [1.82, 2.24) is 15.5 Å². The first-order chi connectivity index (χ1) is 10.4. The molecule has 0 aromatic heterocycles. The highest BCUT2D eigenvalue weighted by atomic mass is 16.2. The van der Waals surface area contributed by atoms with Gasteiger partial charge in [0.05, 0.1) is 0 Å². The summed E-state index contributed by atoms with van der Waals surface area (Å²) in [5.74, 6) is -0.194. The molecule has 0 radical (unpaired) electrons. The molecule has 0 aromatic carbocycles. The van der Waals surface area contributed by atoms with Gasteiger partial charge in [0.25, 0.3) is 5.91 Å². The second-order valence-electron chi connectivity index (χ2n) is 6.74. The predicted octanol–water partition coefficient (Wildman–Crippen LogP) is 0.341. The van der Waals surface area contributed by atoms with E-state index in [2.05, 4.69) is 24.5 Å². The zero-order valence-corrected chi connectivity index (χ0v) is 13.4. The van der Waals surface area contributed by atoms with Gasteiger partial charge >= 0.3 is 6.03 Å². The van der Waals surface area contributed by atoms with E-state index in [0.29, 0.717) is 25.3 Å². The van der Waals surface area contributed by atoms with E-state index in [1.54, 1.807) is 0 Å². The van der Waals surface area contributed by atoms with Gasteiger partial charge in [0.2, 0.25) is 5.91 Å². The highest BCUT2D eigenvalue weighted by Gasteiger charge is 2.52. The van der Waals surface area contributed by atoms with E-state index in [9.17, 15) is 14.4 Å². The average Bonchev–Trinajstić information content (AvgIpc) is 2.99. The number of carbonyl (C=O) groups excluding carboxylic acids is 3. The Morgan fingerprint density at radius 3 is 2.55 bits per heavy atom. The van der Waals surface area contributed by atoms with Gasteiger partial charge in [0, 0.05) is 12.6 Å². The molecule has 7 heteroatoms. The molecule has 22 heavy (non-hydrogen) atoms. The van der Waals surface area contributed by atoms with Crippen LogP contribution in [0.1, 0.15) is 46.0 Å². The lowest BCUT2D eigenvalue weighted by molar-refractivity contribution is -0.135. The van der Waals surface area contributed by atoms with E-state index in [4.69, 9.17) is 5.73 Å². The van der Waals surface area contributed by atoms with Gasteiger partial charge in [0.1, 0.15) is 12.1 Å². The Labute approximate surface area is 131 Å². The maximum Gasteiger partial charge on any atom is 0.325 e. The van der Waals surface area contributed by atoms with Crippen LogP contribution in [0.3, 0.4) is 0 Å². The number of hydrogen-bond donors (Lipinski definition) is 3. The van der Waals surface area contributed by atoms with Crippen molar-refractivity contribution in [2.75, 3.05) is 13.1 Å². The van der Waals surface area contributed by atoms with E-state index in [0.717, 1.165) is 24.2 Å². The van der Waals surface area contributed by atoms with Gasteiger partial charge in [0.15, 0.2) is 0 Å². The highest BCUT2D eigenvalue weighted by Crippen LogP contribution is 2.34. The van der Waals surface area contributed by atoms with Crippen molar-refractivity contribution < 1.29 is 14.4 Å². The molecule has 2 aliphatic rings. The molecule has 4 amide bonds. The SMILES string of the molecule is CC(C)CC(CN)NC(=O)CN1C(=O)NC2(CCCC2)C1=O. The normalized spacial score (nSPS) is 21.5. The Morgan fingerprint density at radius 1 is 1.36 bits per heavy atom. The van der Waals surface area contributed by atoms with Crippen molar-refractivity contribution in [1.29, 1.82) is 0 Å². The molecular weight excluding hydrogens is 284 g/mol. The number of amides is 4. The lowest BCUT2D eigenvalue weighted by Gasteiger charge is -2.22. The third kappa shape index (κ3) is 3.40. The number of urea groups is 1. The van der Waals surface area contributed by atoms with Crippen LogP contribution < -0.4 is 16.4 Å². The molecule has 0 aromatic rings. The molecule has 124 valence electrons. The Hall–Kier alpha value is -1.63. The van der Waals surface area contributed by atoms with Crippen LogP contribution in [0.4, 0.5) is 4.79 Å². The predicted molar refractivity (Wildman–Crippen MR) is 81.9 cm³/mol. The molecule has 1 unspecified atom stereocenters. The summed E-state index contributed by atoms with van der Waals surface area (Å²) in [4.78, 5) is 37.6. The summed E-state index contributed by atoms with van der Waals surface area (Å²) in [5, 5.41) is 5.57. The zero-order valence-electron chi connectivity index (χ0n) is 13.4. The molecule has 1 atom stereocenters. The van der Waals surface area contributed by atoms with Crippen molar-refractivity contribution in [2.45, 2.75) is 57.5 Å². The molecule has 1 aliphatic carbocycles. The number of nitrogens with two attached hydrogens (primary N) is 1. The summed E-state index contributed by atoms with van der Waals surface area (Å²) in [7, 11) is 0. The fraction of sp³-hybridized carbons (Fsp3) is 0.800. The molecule has 1 aliphatic heterocycles. The van der Waals surface area contributed by atoms with E-state index in [-0.39, 0.29) is 24.4 Å². The van der Waals surface area contributed by atoms with Gasteiger partial charge < -0.3 is 16.4 Å². The van der Waals surface area contributed by atoms with Gasteiger partial charge in [-0.1, -0.05) is 26.7 Å². The van der Waals surface area contributed by atoms with Crippen LogP contribution in [0.2, 0.25) is 0 Å². The Bertz CT molecular complexity index is 458. The summed E-state index contributed by atoms with van der Waals surface area (Å²) in [6.07, 6.45) is 3.95. The van der Waals surface area contributed by atoms with Gasteiger partial charge in [-0.25, -0.2) is 4.79 Å². The molecule has 0 bridgehead atoms. The fourth-order valence-electron chi connectivity index (χ4n) is 3.34. The van der Waals surface area contributed by atoms with Crippen molar-refractivity contribution in [3.05, 3.63) is 0 Å². The van der Waals surface area contributed by atoms with Crippen LogP contribution in [0, 0.1) is 5.92 Å². The van der Waals surface area contributed by atoms with Crippen LogP contribution in [0.15, 0.2) is 0 Å². The zero-order chi connectivity index (χ0) is 16.3. The molecule has 4 N–H and O–H groups in total. The van der Waals surface area contributed by atoms with Gasteiger partial charge in [-0.15, -0.1) is 0 Å². The smallest absolute Gasteiger partial charge is 0.325 e. The van der Waals surface area contributed by atoms with Crippen molar-refractivity contribution in [2.24, 2.45) is 11.7 Å². The number of carbonyl (C=O) groups is 3. The van der Waals surface area contributed by atoms with E-state index in [1.165, 1.54) is 0 Å². The van der Waals surface area contributed by atoms with Crippen LogP contribution >= 0.6 is 0 Å². The quantitative estimate of drug-likeness (QED) is 0.615. The van der Waals surface area contributed by atoms with Crippen molar-refractivity contribution in [3.63, 3.8) is 0 Å². The summed E-state index contributed by atoms with van der Waals surface area (Å²) in [6, 6.07) is -0.594. The van der Waals surface area contributed by atoms with Crippen molar-refractivity contribution in [3.8, 4) is 0 Å². The monoisotopic (exact) mass is 310 g/mol. The van der Waals surface area contributed by atoms with Crippen LogP contribution in [0.5, 0.6) is 0 Å². The minimum Gasteiger partial charge on any atom is -0.351 e. The molecule has 1 saturated heterocycles. The van der Waals surface area contributed by atoms with E-state index < -0.39 is 11.6 Å². The molecule has 2 fully saturated rings. The number of hydrogen-bond acceptors (Lipinski definition) is 4. The molecule has 1 saturated carbocycles. The Kier molecular flexibility index (Phi) is 5.05. The average molecular weight is 310 g/mol. The van der Waals surface area contributed by atoms with Gasteiger partial charge in [-0.3, -0.25) is 14.5 Å². The van der Waals surface area contributed by atoms with Crippen LogP contribution in [0.25, 0.3) is 0 Å². The van der Waals surface area contributed by atoms with Gasteiger partial charge in [-0.2, -0.15) is 0 Å². The van der Waals surface area contributed by atoms with Crippen LogP contribution in [-0.4, -0.2) is 47.4 Å². The lowest BCUT2D eigenvalue weighted by Crippen LogP contribution is -2.48. The second-order valence-corrected chi connectivity index (χ2v) is 6.74. The topological polar surface area (TPSA) is 105 Å². The first-order valence-electron chi connectivity index (χ1n) is 8.01. The number of rotatable bonds is 6. The van der Waals surface area contributed by atoms with Crippen LogP contribution in [-0.2, 0) is 9.59 Å². The molecular formula is C15H26N4O3. The fourth-order valence-corrected chi connectivity index (χ4v) is 3.34. The molecule has 1 heterocycles. The minimum atomic E-state index is -0.761. The first kappa shape index (κ1) is 16.7. The second kappa shape index (κ2) is 6.64.